The van der Waals surface area contributed by atoms with Gasteiger partial charge in [0.2, 0.25) is 11.8 Å². The summed E-state index contributed by atoms with van der Waals surface area (Å²) < 4.78 is 110. The van der Waals surface area contributed by atoms with E-state index in [0.29, 0.717) is 120 Å². The van der Waals surface area contributed by atoms with Crippen molar-refractivity contribution in [3.05, 3.63) is 196 Å². The van der Waals surface area contributed by atoms with E-state index < -0.39 is 64.6 Å². The van der Waals surface area contributed by atoms with Crippen LogP contribution in [0.15, 0.2) is 146 Å². The van der Waals surface area contributed by atoms with E-state index in [9.17, 15) is 59.8 Å². The van der Waals surface area contributed by atoms with Gasteiger partial charge in [0.15, 0.2) is 0 Å². The van der Waals surface area contributed by atoms with Crippen LogP contribution in [0.1, 0.15) is 132 Å². The number of halogens is 10. The number of unbranched alkanes of at least 4 members (excludes halogenated alkanes) is 2. The predicted octanol–water partition coefficient (Wildman–Crippen LogP) is 15.0. The van der Waals surface area contributed by atoms with Gasteiger partial charge in [0.25, 0.3) is 11.8 Å². The second-order valence-corrected chi connectivity index (χ2v) is 27.9. The van der Waals surface area contributed by atoms with Crippen LogP contribution < -0.4 is 4.90 Å². The van der Waals surface area contributed by atoms with Crippen LogP contribution in [0.4, 0.5) is 41.2 Å². The number of likely N-dealkylation sites (N-methyl/N-ethyl adjacent to an activating group) is 2. The molecule has 16 nitrogen and oxygen atoms in total. The van der Waals surface area contributed by atoms with Crippen molar-refractivity contribution in [2.75, 3.05) is 111 Å². The fourth-order valence-corrected chi connectivity index (χ4v) is 14.9. The first-order valence-corrected chi connectivity index (χ1v) is 35.1. The average Bonchev–Trinajstić information content (AvgIpc) is 1.55. The molecule has 3 heterocycles. The first-order chi connectivity index (χ1) is 48.2. The van der Waals surface area contributed by atoms with E-state index in [0.717, 1.165) is 78.2 Å². The second kappa shape index (κ2) is 37.3. The molecule has 0 unspecified atom stereocenters. The molecule has 3 fully saturated rings. The van der Waals surface area contributed by atoms with Gasteiger partial charge in [0.05, 0.1) is 29.5 Å². The molecule has 1 N–H and O–H groups in total. The Hall–Kier alpha value is -7.35. The predicted molar refractivity (Wildman–Crippen MR) is 394 cm³/mol. The maximum atomic E-state index is 14.3. The van der Waals surface area contributed by atoms with E-state index in [1.807, 2.05) is 103 Å². The number of ether oxygens (including phenoxy) is 2. The number of likely N-dealkylation sites (tertiary alicyclic amines) is 2. The van der Waals surface area contributed by atoms with Crippen molar-refractivity contribution in [3.8, 4) is 11.1 Å². The smallest absolute Gasteiger partial charge is 0.416 e. The first kappa shape index (κ1) is 83.9. The molecular formula is C78H96Cl3F7N8O8. The van der Waals surface area contributed by atoms with Crippen molar-refractivity contribution in [1.82, 2.24) is 34.3 Å². The monoisotopic (exact) mass is 1510 g/mol. The Morgan fingerprint density at radius 3 is 1.89 bits per heavy atom. The molecule has 5 amide bonds. The molecule has 0 aromatic heterocycles. The SMILES string of the molecule is CC(C)N(CCCCCC(=O)N(C)CCN1CCC(N(C(=O)O)c2ccccc2-c2ccccc2)CC1)Cc1ccc(C(=O)N(C)CCCN(C)C(=O)CO[C@H]2Cc3ccccc3C23CCN(CC[C@@]2(c4ccc(F)cc4)CN(C(=O)c4cc(C(F)(F)F)cc(C(F)(F)F)c4)CO2)CC3)cc1.Cl.Cl.Cl. The largest absolute Gasteiger partial charge is 0.465 e. The van der Waals surface area contributed by atoms with Crippen molar-refractivity contribution >= 4 is 72.6 Å². The Labute approximate surface area is 624 Å². The van der Waals surface area contributed by atoms with E-state index in [2.05, 4.69) is 40.7 Å². The van der Waals surface area contributed by atoms with Crippen LogP contribution in [0.3, 0.4) is 0 Å². The molecule has 3 saturated heterocycles. The van der Waals surface area contributed by atoms with Gasteiger partial charge in [-0.2, -0.15) is 26.3 Å². The summed E-state index contributed by atoms with van der Waals surface area (Å²) in [4.78, 5) is 81.7. The summed E-state index contributed by atoms with van der Waals surface area (Å²) in [5.41, 5.74) is 1.33. The second-order valence-electron chi connectivity index (χ2n) is 27.9. The number of para-hydroxylation sites is 1. The number of hydrogen-bond donors (Lipinski definition) is 1. The number of amides is 5. The third kappa shape index (κ3) is 20.8. The molecule has 4 aliphatic rings. The fourth-order valence-electron chi connectivity index (χ4n) is 14.9. The fraction of sp³-hybridized carbons (Fsp3) is 0.474. The number of anilines is 1. The highest BCUT2D eigenvalue weighted by molar-refractivity contribution is 5.96. The Balaban J connectivity index is 0.00000504. The van der Waals surface area contributed by atoms with Gasteiger partial charge in [-0.1, -0.05) is 103 Å². The zero-order chi connectivity index (χ0) is 72.2. The van der Waals surface area contributed by atoms with Gasteiger partial charge in [-0.25, -0.2) is 9.18 Å². The zero-order valence-corrected chi connectivity index (χ0v) is 62.0. The molecule has 10 rings (SSSR count). The highest BCUT2D eigenvalue weighted by atomic mass is 35.5. The van der Waals surface area contributed by atoms with Gasteiger partial charge in [-0.05, 0) is 168 Å². The Morgan fingerprint density at radius 1 is 0.644 bits per heavy atom. The van der Waals surface area contributed by atoms with Crippen molar-refractivity contribution in [2.45, 2.75) is 133 Å². The number of alkyl halides is 6. The van der Waals surface area contributed by atoms with Gasteiger partial charge < -0.3 is 44.0 Å². The van der Waals surface area contributed by atoms with E-state index in [4.69, 9.17) is 9.47 Å². The Kier molecular flexibility index (Phi) is 30.1. The molecule has 26 heteroatoms. The van der Waals surface area contributed by atoms with Crippen molar-refractivity contribution < 1.29 is 69.3 Å². The van der Waals surface area contributed by atoms with Crippen LogP contribution in [0.2, 0.25) is 0 Å². The highest BCUT2D eigenvalue weighted by Gasteiger charge is 2.50. The minimum absolute atomic E-state index is 0. The lowest BCUT2D eigenvalue weighted by Gasteiger charge is -2.44. The van der Waals surface area contributed by atoms with Gasteiger partial charge in [-0.15, -0.1) is 37.2 Å². The molecule has 0 saturated carbocycles. The number of fused-ring (bicyclic) bond motifs is 2. The molecule has 1 aliphatic carbocycles. The summed E-state index contributed by atoms with van der Waals surface area (Å²) >= 11 is 0. The molecule has 566 valence electrons. The normalized spacial score (nSPS) is 17.6. The maximum Gasteiger partial charge on any atom is 0.416 e. The highest BCUT2D eigenvalue weighted by Crippen LogP contribution is 2.49. The molecule has 0 bridgehead atoms. The van der Waals surface area contributed by atoms with Crippen LogP contribution in [0.25, 0.3) is 11.1 Å². The summed E-state index contributed by atoms with van der Waals surface area (Å²) in [6.45, 7) is 10.4. The van der Waals surface area contributed by atoms with E-state index >= 15 is 0 Å². The van der Waals surface area contributed by atoms with Crippen LogP contribution >= 0.6 is 37.2 Å². The van der Waals surface area contributed by atoms with Crippen molar-refractivity contribution in [1.29, 1.82) is 0 Å². The topological polar surface area (TPSA) is 150 Å². The van der Waals surface area contributed by atoms with Crippen LogP contribution in [-0.2, 0) is 55.4 Å². The Bertz CT molecular complexity index is 3780. The lowest BCUT2D eigenvalue weighted by Crippen LogP contribution is -2.50. The molecule has 6 aromatic rings. The number of hydrogen-bond acceptors (Lipinski definition) is 10. The number of carboxylic acid groups (broad SMARTS) is 1. The molecule has 0 radical (unpaired) electrons. The lowest BCUT2D eigenvalue weighted by molar-refractivity contribution is -0.143. The quantitative estimate of drug-likeness (QED) is 0.0369. The summed E-state index contributed by atoms with van der Waals surface area (Å²) in [5, 5.41) is 10.4. The lowest BCUT2D eigenvalue weighted by atomic mass is 9.72. The maximum absolute atomic E-state index is 14.3. The number of benzene rings is 6. The van der Waals surface area contributed by atoms with E-state index in [1.165, 1.54) is 29.2 Å². The number of nitrogens with zero attached hydrogens (tertiary/aromatic N) is 8. The Morgan fingerprint density at radius 2 is 1.25 bits per heavy atom. The standard InChI is InChI=1S/C78H93F7N8O8.3ClH/c1-55(2)91(39-15-7-10-23-70(94)87(4)45-46-89-40-32-65(33-41-89)93(74(98)99)68-22-14-12-20-66(68)57-17-8-6-9-18-57)51-56-24-26-58(27-25-56)72(96)88(5)38-16-37-86(3)71(95)52-100-69-49-59-19-11-13-21-67(59)75(69)34-42-90(43-35-75)44-36-76(61-28-30-64(79)31-29-61)53-92(54-101-76)73(97)60-47-62(77(80,81)82)50-63(48-60)78(83,84)85;;;/h6,8-9,11-14,17-22,24-31,47-48,50,55,65,69H,7,10,15-16,23,32-46,49,51-54H2,1-5H3,(H,98,99);3*1H/t69-,76-;;;/m0.../s1. The summed E-state index contributed by atoms with van der Waals surface area (Å²) in [5.74, 6) is -1.80. The first-order valence-electron chi connectivity index (χ1n) is 35.1. The van der Waals surface area contributed by atoms with Crippen LogP contribution in [0.5, 0.6) is 0 Å². The van der Waals surface area contributed by atoms with Crippen molar-refractivity contribution in [3.63, 3.8) is 0 Å². The molecule has 3 aliphatic heterocycles. The summed E-state index contributed by atoms with van der Waals surface area (Å²) in [6.07, 6.45) is -4.27. The zero-order valence-electron chi connectivity index (χ0n) is 59.5. The molecule has 1 spiro atoms. The van der Waals surface area contributed by atoms with Gasteiger partial charge in [-0.3, -0.25) is 29.0 Å². The average molecular weight is 1510 g/mol. The van der Waals surface area contributed by atoms with Gasteiger partial charge in [0, 0.05) is 114 Å². The van der Waals surface area contributed by atoms with Gasteiger partial charge >= 0.3 is 18.4 Å². The summed E-state index contributed by atoms with van der Waals surface area (Å²) in [6, 6.07) is 39.8. The number of piperidine rings is 2. The number of carbonyl (C=O) groups is 5. The minimum atomic E-state index is -5.15. The van der Waals surface area contributed by atoms with Gasteiger partial charge in [0.1, 0.15) is 24.8 Å². The van der Waals surface area contributed by atoms with E-state index in [-0.39, 0.29) is 98.8 Å². The third-order valence-electron chi connectivity index (χ3n) is 21.0. The molecule has 6 aromatic carbocycles. The van der Waals surface area contributed by atoms with Crippen LogP contribution in [-0.4, -0.2) is 194 Å². The van der Waals surface area contributed by atoms with Crippen LogP contribution in [0, 0.1) is 5.82 Å². The van der Waals surface area contributed by atoms with E-state index in [1.54, 1.807) is 23.9 Å². The molecular weight excluding hydrogens is 1420 g/mol. The molecule has 2 atom stereocenters. The number of carbonyl (C=O) groups excluding carboxylic acids is 4. The minimum Gasteiger partial charge on any atom is -0.465 e. The summed E-state index contributed by atoms with van der Waals surface area (Å²) in [7, 11) is 5.34. The van der Waals surface area contributed by atoms with Crippen molar-refractivity contribution in [2.24, 2.45) is 0 Å². The number of rotatable bonds is 28. The molecule has 104 heavy (non-hydrogen) atoms. The third-order valence-corrected chi connectivity index (χ3v) is 21.0.